The highest BCUT2D eigenvalue weighted by Crippen LogP contribution is 2.07. The van der Waals surface area contributed by atoms with Crippen molar-refractivity contribution in [2.24, 2.45) is 0 Å². The maximum absolute atomic E-state index is 12.2. The Morgan fingerprint density at radius 3 is 1.37 bits per heavy atom. The van der Waals surface area contributed by atoms with Crippen LogP contribution in [0.3, 0.4) is 0 Å². The molecular formula is C24H38O14. The zero-order chi connectivity index (χ0) is 29.3. The third-order valence-corrected chi connectivity index (χ3v) is 4.24. The van der Waals surface area contributed by atoms with Crippen LogP contribution in [0.5, 0.6) is 0 Å². The summed E-state index contributed by atoms with van der Waals surface area (Å²) in [6, 6.07) is 0. The monoisotopic (exact) mass is 550 g/mol. The molecule has 0 fully saturated rings. The zero-order valence-corrected chi connectivity index (χ0v) is 22.6. The van der Waals surface area contributed by atoms with Gasteiger partial charge >= 0.3 is 35.8 Å². The van der Waals surface area contributed by atoms with Crippen LogP contribution in [0.2, 0.25) is 0 Å². The number of hydrogen-bond acceptors (Lipinski definition) is 14. The average Bonchev–Trinajstić information content (AvgIpc) is 2.73. The normalized spacial score (nSPS) is 14.6. The molecule has 0 saturated heterocycles. The zero-order valence-electron chi connectivity index (χ0n) is 22.6. The van der Waals surface area contributed by atoms with E-state index in [0.717, 1.165) is 0 Å². The van der Waals surface area contributed by atoms with Crippen LogP contribution in [-0.4, -0.2) is 97.9 Å². The Morgan fingerprint density at radius 2 is 0.947 bits per heavy atom. The number of carbonyl (C=O) groups is 6. The minimum absolute atomic E-state index is 0.196. The van der Waals surface area contributed by atoms with Crippen molar-refractivity contribution in [1.82, 2.24) is 0 Å². The van der Waals surface area contributed by atoms with Crippen molar-refractivity contribution >= 4 is 35.8 Å². The van der Waals surface area contributed by atoms with Gasteiger partial charge in [0.05, 0.1) is 32.5 Å². The van der Waals surface area contributed by atoms with Gasteiger partial charge in [0.25, 0.3) is 0 Å². The summed E-state index contributed by atoms with van der Waals surface area (Å²) in [5.41, 5.74) is 0. The van der Waals surface area contributed by atoms with Gasteiger partial charge in [-0.3, -0.25) is 28.8 Å². The summed E-state index contributed by atoms with van der Waals surface area (Å²) in [5.74, 6) is -3.84. The summed E-state index contributed by atoms with van der Waals surface area (Å²) >= 11 is 0. The number of aliphatic hydroxyl groups excluding tert-OH is 1. The van der Waals surface area contributed by atoms with E-state index < -0.39 is 79.5 Å². The number of rotatable bonds is 18. The van der Waals surface area contributed by atoms with Crippen molar-refractivity contribution < 1.29 is 67.0 Å². The molecule has 0 aliphatic rings. The fourth-order valence-corrected chi connectivity index (χ4v) is 2.91. The van der Waals surface area contributed by atoms with Crippen molar-refractivity contribution in [2.75, 3.05) is 26.4 Å². The van der Waals surface area contributed by atoms with E-state index in [1.807, 2.05) is 0 Å². The second-order valence-corrected chi connectivity index (χ2v) is 8.54. The molecule has 0 aliphatic heterocycles. The number of ether oxygens (including phenoxy) is 7. The lowest BCUT2D eigenvalue weighted by atomic mass is 10.3. The molecule has 5 unspecified atom stereocenters. The molecule has 14 nitrogen and oxygen atoms in total. The molecule has 14 heteroatoms. The molecule has 0 aromatic rings. The van der Waals surface area contributed by atoms with Gasteiger partial charge in [0, 0.05) is 20.8 Å². The van der Waals surface area contributed by atoms with Crippen molar-refractivity contribution in [1.29, 1.82) is 0 Å². The molecule has 0 rings (SSSR count). The Labute approximate surface area is 221 Å². The minimum Gasteiger partial charge on any atom is -0.463 e. The first kappa shape index (κ1) is 34.7. The van der Waals surface area contributed by atoms with Gasteiger partial charge in [-0.25, -0.2) is 0 Å². The van der Waals surface area contributed by atoms with Crippen molar-refractivity contribution in [3.63, 3.8) is 0 Å². The Morgan fingerprint density at radius 1 is 0.553 bits per heavy atom. The first-order chi connectivity index (χ1) is 17.7. The van der Waals surface area contributed by atoms with Gasteiger partial charge < -0.3 is 38.3 Å². The summed E-state index contributed by atoms with van der Waals surface area (Å²) in [7, 11) is 0. The Kier molecular flexibility index (Phi) is 17.3. The third-order valence-electron chi connectivity index (χ3n) is 4.24. The van der Waals surface area contributed by atoms with Crippen LogP contribution in [0, 0.1) is 0 Å². The van der Waals surface area contributed by atoms with Crippen LogP contribution < -0.4 is 0 Å². The summed E-state index contributed by atoms with van der Waals surface area (Å²) < 4.78 is 35.1. The molecule has 0 radical (unpaired) electrons. The highest BCUT2D eigenvalue weighted by Gasteiger charge is 2.22. The first-order valence-corrected chi connectivity index (χ1v) is 12.0. The molecule has 0 amide bonds. The molecule has 0 saturated carbocycles. The average molecular weight is 551 g/mol. The summed E-state index contributed by atoms with van der Waals surface area (Å²) in [6.45, 7) is 6.69. The van der Waals surface area contributed by atoms with Crippen LogP contribution >= 0.6 is 0 Å². The molecule has 0 aliphatic carbocycles. The predicted octanol–water partition coefficient (Wildman–Crippen LogP) is 0.387. The summed E-state index contributed by atoms with van der Waals surface area (Å²) in [6.07, 6.45) is -5.17. The van der Waals surface area contributed by atoms with Crippen LogP contribution in [-0.2, 0) is 61.9 Å². The quantitative estimate of drug-likeness (QED) is 0.182. The molecule has 0 bridgehead atoms. The Bertz CT molecular complexity index is 795. The van der Waals surface area contributed by atoms with Crippen LogP contribution in [0.15, 0.2) is 0 Å². The fourth-order valence-electron chi connectivity index (χ4n) is 2.91. The van der Waals surface area contributed by atoms with Crippen LogP contribution in [0.1, 0.15) is 60.8 Å². The highest BCUT2D eigenvalue weighted by atomic mass is 16.6. The van der Waals surface area contributed by atoms with E-state index in [9.17, 15) is 33.9 Å². The lowest BCUT2D eigenvalue weighted by Gasteiger charge is -2.21. The summed E-state index contributed by atoms with van der Waals surface area (Å²) in [5, 5.41) is 9.99. The van der Waals surface area contributed by atoms with Crippen molar-refractivity contribution in [3.8, 4) is 0 Å². The van der Waals surface area contributed by atoms with E-state index in [0.29, 0.717) is 0 Å². The molecule has 38 heavy (non-hydrogen) atoms. The standard InChI is InChI=1S/C24H38O14/c1-14(35-17(4)25)7-22(29)33-11-20(28)10-32-12-21(38-24(31)9-16(3)37-19(6)27)13-34-23(30)8-15(2)36-18(5)26/h14-16,20-21,28H,7-13H2,1-6H3. The molecule has 0 aromatic carbocycles. The topological polar surface area (TPSA) is 187 Å². The van der Waals surface area contributed by atoms with E-state index in [-0.39, 0.29) is 32.5 Å². The van der Waals surface area contributed by atoms with Crippen molar-refractivity contribution in [3.05, 3.63) is 0 Å². The number of aliphatic hydroxyl groups is 1. The predicted molar refractivity (Wildman–Crippen MR) is 126 cm³/mol. The molecular weight excluding hydrogens is 512 g/mol. The minimum atomic E-state index is -1.23. The van der Waals surface area contributed by atoms with Gasteiger partial charge in [-0.1, -0.05) is 0 Å². The van der Waals surface area contributed by atoms with Gasteiger partial charge in [0.2, 0.25) is 0 Å². The van der Waals surface area contributed by atoms with Gasteiger partial charge in [-0.05, 0) is 20.8 Å². The van der Waals surface area contributed by atoms with E-state index in [1.165, 1.54) is 41.5 Å². The summed E-state index contributed by atoms with van der Waals surface area (Å²) in [4.78, 5) is 68.9. The smallest absolute Gasteiger partial charge is 0.310 e. The van der Waals surface area contributed by atoms with E-state index in [4.69, 9.17) is 33.2 Å². The number of hydrogen-bond donors (Lipinski definition) is 1. The number of esters is 6. The SMILES string of the molecule is CC(=O)OC(C)CC(=O)OCC(O)COCC(COC(=O)CC(C)OC(C)=O)OC(=O)CC(C)OC(C)=O. The maximum Gasteiger partial charge on any atom is 0.310 e. The van der Waals surface area contributed by atoms with E-state index in [2.05, 4.69) is 0 Å². The molecule has 218 valence electrons. The van der Waals surface area contributed by atoms with Gasteiger partial charge in [0.1, 0.15) is 37.6 Å². The van der Waals surface area contributed by atoms with Crippen LogP contribution in [0.25, 0.3) is 0 Å². The maximum atomic E-state index is 12.2. The Hall–Kier alpha value is -3.26. The van der Waals surface area contributed by atoms with Crippen molar-refractivity contribution in [2.45, 2.75) is 91.3 Å². The van der Waals surface area contributed by atoms with Crippen LogP contribution in [0.4, 0.5) is 0 Å². The van der Waals surface area contributed by atoms with Gasteiger partial charge in [0.15, 0.2) is 6.10 Å². The molecule has 1 N–H and O–H groups in total. The third kappa shape index (κ3) is 19.9. The second kappa shape index (κ2) is 18.9. The fraction of sp³-hybridized carbons (Fsp3) is 0.750. The first-order valence-electron chi connectivity index (χ1n) is 12.0. The molecule has 5 atom stereocenters. The molecule has 0 aromatic heterocycles. The lowest BCUT2D eigenvalue weighted by molar-refractivity contribution is -0.169. The molecule has 0 spiro atoms. The Balaban J connectivity index is 4.74. The lowest BCUT2D eigenvalue weighted by Crippen LogP contribution is -2.33. The van der Waals surface area contributed by atoms with E-state index in [1.54, 1.807) is 0 Å². The highest BCUT2D eigenvalue weighted by molar-refractivity contribution is 5.73. The van der Waals surface area contributed by atoms with Gasteiger partial charge in [-0.2, -0.15) is 0 Å². The van der Waals surface area contributed by atoms with E-state index >= 15 is 0 Å². The van der Waals surface area contributed by atoms with Gasteiger partial charge in [-0.15, -0.1) is 0 Å². The largest absolute Gasteiger partial charge is 0.463 e. The molecule has 0 heterocycles. The second-order valence-electron chi connectivity index (χ2n) is 8.54. The number of carbonyl (C=O) groups excluding carboxylic acids is 6.